The lowest BCUT2D eigenvalue weighted by Crippen LogP contribution is -2.39. The largest absolute Gasteiger partial charge is 0.474 e. The van der Waals surface area contributed by atoms with Crippen LogP contribution in [0.25, 0.3) is 0 Å². The molecule has 3 aromatic rings. The molecule has 38 heavy (non-hydrogen) atoms. The third kappa shape index (κ3) is 6.55. The monoisotopic (exact) mass is 541 g/mol. The first-order valence-corrected chi connectivity index (χ1v) is 14.1. The number of anilines is 1. The first-order valence-electron chi connectivity index (χ1n) is 12.7. The van der Waals surface area contributed by atoms with E-state index < -0.39 is 10.4 Å². The summed E-state index contributed by atoms with van der Waals surface area (Å²) in [5.74, 6) is 2.30. The summed E-state index contributed by atoms with van der Waals surface area (Å²) in [6.07, 6.45) is 8.49. The van der Waals surface area contributed by atoms with E-state index in [-0.39, 0.29) is 25.2 Å². The molecule has 2 aromatic heterocycles. The third-order valence-electron chi connectivity index (χ3n) is 6.65. The van der Waals surface area contributed by atoms with Crippen molar-refractivity contribution in [1.29, 1.82) is 0 Å². The van der Waals surface area contributed by atoms with Crippen molar-refractivity contribution in [2.75, 3.05) is 31.2 Å². The molecule has 0 aliphatic carbocycles. The molecule has 1 aromatic carbocycles. The Morgan fingerprint density at radius 1 is 0.947 bits per heavy atom. The maximum atomic E-state index is 11.2. The molecule has 0 unspecified atom stereocenters. The van der Waals surface area contributed by atoms with Gasteiger partial charge in [0.1, 0.15) is 18.2 Å². The molecular weight excluding hydrogens is 510 g/mol. The smallest absolute Gasteiger partial charge is 0.399 e. The Kier molecular flexibility index (Phi) is 8.01. The molecule has 2 saturated heterocycles. The van der Waals surface area contributed by atoms with Gasteiger partial charge >= 0.3 is 10.4 Å². The number of hydrogen-bond donors (Lipinski definition) is 0. The summed E-state index contributed by atoms with van der Waals surface area (Å²) in [5, 5.41) is 0. The highest BCUT2D eigenvalue weighted by Crippen LogP contribution is 2.30. The average molecular weight is 542 g/mol. The number of aryl methyl sites for hydroxylation is 1. The maximum absolute atomic E-state index is 11.2. The van der Waals surface area contributed by atoms with Crippen LogP contribution in [0.5, 0.6) is 17.5 Å². The van der Waals surface area contributed by atoms with Gasteiger partial charge in [0.15, 0.2) is 0 Å². The molecule has 202 valence electrons. The Morgan fingerprint density at radius 2 is 1.61 bits per heavy atom. The number of aromatic nitrogens is 4. The van der Waals surface area contributed by atoms with Crippen LogP contribution in [-0.4, -0.2) is 60.8 Å². The van der Waals surface area contributed by atoms with Crippen LogP contribution < -0.4 is 14.4 Å². The Hall–Kier alpha value is -3.35. The molecule has 0 radical (unpaired) electrons. The number of hydrogen-bond acceptors (Lipinski definition) is 11. The number of nitrogens with zero attached hydrogens (tertiary/aromatic N) is 5. The molecule has 0 saturated carbocycles. The van der Waals surface area contributed by atoms with Crippen LogP contribution in [0.1, 0.15) is 36.5 Å². The van der Waals surface area contributed by atoms with Gasteiger partial charge in [0, 0.05) is 44.2 Å². The van der Waals surface area contributed by atoms with Gasteiger partial charge in [-0.15, -0.1) is 0 Å². The van der Waals surface area contributed by atoms with Gasteiger partial charge in [0.05, 0.1) is 18.8 Å². The zero-order valence-electron chi connectivity index (χ0n) is 21.4. The lowest BCUT2D eigenvalue weighted by molar-refractivity contribution is 0.103. The Balaban J connectivity index is 1.14. The summed E-state index contributed by atoms with van der Waals surface area (Å²) >= 11 is 0. The normalized spacial score (nSPS) is 18.3. The van der Waals surface area contributed by atoms with Gasteiger partial charge < -0.3 is 14.4 Å². The summed E-state index contributed by atoms with van der Waals surface area (Å²) in [5.41, 5.74) is 2.88. The van der Waals surface area contributed by atoms with E-state index in [9.17, 15) is 8.42 Å². The topological polar surface area (TPSA) is 126 Å². The van der Waals surface area contributed by atoms with Crippen LogP contribution in [0.3, 0.4) is 0 Å². The predicted octanol–water partition coefficient (Wildman–Crippen LogP) is 3.43. The lowest BCUT2D eigenvalue weighted by atomic mass is 10.0. The van der Waals surface area contributed by atoms with Gasteiger partial charge in [-0.25, -0.2) is 28.3 Å². The maximum Gasteiger partial charge on any atom is 0.399 e. The second-order valence-electron chi connectivity index (χ2n) is 9.45. The second kappa shape index (κ2) is 11.6. The predicted molar refractivity (Wildman–Crippen MR) is 139 cm³/mol. The van der Waals surface area contributed by atoms with Crippen molar-refractivity contribution >= 4 is 16.3 Å². The summed E-state index contributed by atoms with van der Waals surface area (Å²) < 4.78 is 44.2. The Bertz CT molecular complexity index is 1320. The van der Waals surface area contributed by atoms with Crippen LogP contribution in [0.4, 0.5) is 5.95 Å². The molecule has 2 aliphatic heterocycles. The fraction of sp³-hybridized carbons (Fsp3) is 0.462. The zero-order chi connectivity index (χ0) is 26.5. The summed E-state index contributed by atoms with van der Waals surface area (Å²) in [6, 6.07) is 7.56. The minimum atomic E-state index is -3.83. The molecule has 5 rings (SSSR count). The molecule has 0 amide bonds. The van der Waals surface area contributed by atoms with Gasteiger partial charge in [0.25, 0.3) is 0 Å². The molecule has 2 aliphatic rings. The highest BCUT2D eigenvalue weighted by Gasteiger charge is 2.26. The van der Waals surface area contributed by atoms with Crippen molar-refractivity contribution < 1.29 is 26.3 Å². The molecule has 0 N–H and O–H groups in total. The quantitative estimate of drug-likeness (QED) is 0.416. The highest BCUT2D eigenvalue weighted by molar-refractivity contribution is 7.81. The van der Waals surface area contributed by atoms with E-state index in [2.05, 4.69) is 31.8 Å². The van der Waals surface area contributed by atoms with Crippen molar-refractivity contribution in [3.8, 4) is 17.5 Å². The number of rotatable bonds is 8. The van der Waals surface area contributed by atoms with Crippen molar-refractivity contribution in [3.05, 3.63) is 59.7 Å². The van der Waals surface area contributed by atoms with Crippen LogP contribution >= 0.6 is 0 Å². The van der Waals surface area contributed by atoms with E-state index in [0.717, 1.165) is 55.0 Å². The van der Waals surface area contributed by atoms with Crippen molar-refractivity contribution in [3.63, 3.8) is 0 Å². The molecule has 0 spiro atoms. The molecule has 12 heteroatoms. The molecule has 2 fully saturated rings. The third-order valence-corrected chi connectivity index (χ3v) is 7.50. The summed E-state index contributed by atoms with van der Waals surface area (Å²) in [6.45, 7) is 5.82. The van der Waals surface area contributed by atoms with Crippen LogP contribution in [-0.2, 0) is 31.6 Å². The lowest BCUT2D eigenvalue weighted by Gasteiger charge is -2.32. The average Bonchev–Trinajstić information content (AvgIpc) is 2.94. The SMILES string of the molecule is CCc1cnc(N2CCC(Oc3ncnc(Oc4ccc(CC5COS(=O)(=O)OC5)cc4)c3C)CC2)nc1. The molecular formula is C26H31N5O6S. The summed E-state index contributed by atoms with van der Waals surface area (Å²) in [4.78, 5) is 19.8. The van der Waals surface area contributed by atoms with Crippen LogP contribution in [0, 0.1) is 12.8 Å². The number of benzene rings is 1. The van der Waals surface area contributed by atoms with E-state index in [1.807, 2.05) is 43.6 Å². The standard InChI is InChI=1S/C26H31N5O6S/c1-3-19-13-27-26(28-14-19)31-10-8-23(9-11-31)37-25-18(2)24(29-17-30-25)36-22-6-4-20(5-7-22)12-21-15-34-38(32,33)35-16-21/h4-7,13-14,17,21,23H,3,8-12,15-16H2,1-2H3. The van der Waals surface area contributed by atoms with E-state index in [1.165, 1.54) is 6.33 Å². The Labute approximate surface area is 222 Å². The van der Waals surface area contributed by atoms with Crippen molar-refractivity contribution in [2.45, 2.75) is 45.6 Å². The molecule has 11 nitrogen and oxygen atoms in total. The molecule has 4 heterocycles. The number of ether oxygens (including phenoxy) is 2. The van der Waals surface area contributed by atoms with Gasteiger partial charge in [-0.3, -0.25) is 0 Å². The second-order valence-corrected chi connectivity index (χ2v) is 10.7. The van der Waals surface area contributed by atoms with E-state index in [4.69, 9.17) is 17.8 Å². The van der Waals surface area contributed by atoms with Crippen LogP contribution in [0.15, 0.2) is 43.0 Å². The van der Waals surface area contributed by atoms with Gasteiger partial charge in [0.2, 0.25) is 17.7 Å². The summed E-state index contributed by atoms with van der Waals surface area (Å²) in [7, 11) is -3.83. The zero-order valence-corrected chi connectivity index (χ0v) is 22.3. The highest BCUT2D eigenvalue weighted by atomic mass is 32.3. The van der Waals surface area contributed by atoms with Crippen LogP contribution in [0.2, 0.25) is 0 Å². The Morgan fingerprint density at radius 3 is 2.26 bits per heavy atom. The number of piperidine rings is 1. The van der Waals surface area contributed by atoms with Gasteiger partial charge in [-0.05, 0) is 43.0 Å². The van der Waals surface area contributed by atoms with Crippen molar-refractivity contribution in [1.82, 2.24) is 19.9 Å². The first kappa shape index (κ1) is 26.3. The van der Waals surface area contributed by atoms with E-state index >= 15 is 0 Å². The van der Waals surface area contributed by atoms with E-state index in [1.54, 1.807) is 0 Å². The van der Waals surface area contributed by atoms with Gasteiger partial charge in [-0.1, -0.05) is 19.1 Å². The molecule has 0 bridgehead atoms. The molecule has 0 atom stereocenters. The minimum Gasteiger partial charge on any atom is -0.474 e. The van der Waals surface area contributed by atoms with Crippen molar-refractivity contribution in [2.24, 2.45) is 5.92 Å². The van der Waals surface area contributed by atoms with E-state index in [0.29, 0.717) is 23.9 Å². The van der Waals surface area contributed by atoms with Gasteiger partial charge in [-0.2, -0.15) is 8.42 Å². The first-order chi connectivity index (χ1) is 18.4. The minimum absolute atomic E-state index is 0.0321. The fourth-order valence-corrected chi connectivity index (χ4v) is 5.15. The fourth-order valence-electron chi connectivity index (χ4n) is 4.36.